The predicted octanol–water partition coefficient (Wildman–Crippen LogP) is 3.93. The number of pyridine rings is 1. The van der Waals surface area contributed by atoms with E-state index in [2.05, 4.69) is 26.2 Å². The molecule has 1 heterocycles. The highest BCUT2D eigenvalue weighted by Crippen LogP contribution is 2.18. The lowest BCUT2D eigenvalue weighted by Crippen LogP contribution is -2.13. The van der Waals surface area contributed by atoms with Crippen LogP contribution in [0.4, 0.5) is 4.39 Å². The van der Waals surface area contributed by atoms with Crippen molar-refractivity contribution in [3.8, 4) is 0 Å². The monoisotopic (exact) mass is 328 g/mol. The summed E-state index contributed by atoms with van der Waals surface area (Å²) in [6.07, 6.45) is 3.30. The topological polar surface area (TPSA) is 24.9 Å². The number of rotatable bonds is 4. The first-order valence-electron chi connectivity index (χ1n) is 5.40. The van der Waals surface area contributed by atoms with Gasteiger partial charge in [0.05, 0.1) is 5.02 Å². The van der Waals surface area contributed by atoms with Crippen LogP contribution in [0.15, 0.2) is 41.1 Å². The average molecular weight is 330 g/mol. The maximum atomic E-state index is 13.1. The van der Waals surface area contributed by atoms with Gasteiger partial charge in [-0.3, -0.25) is 4.98 Å². The number of nitrogens with one attached hydrogen (secondary N) is 1. The van der Waals surface area contributed by atoms with Gasteiger partial charge in [-0.05, 0) is 35.4 Å². The van der Waals surface area contributed by atoms with Crippen molar-refractivity contribution in [2.75, 3.05) is 0 Å². The first-order valence-corrected chi connectivity index (χ1v) is 6.57. The molecule has 0 aliphatic heterocycles. The zero-order chi connectivity index (χ0) is 13.0. The molecular weight excluding hydrogens is 319 g/mol. The third kappa shape index (κ3) is 3.51. The third-order valence-corrected chi connectivity index (χ3v) is 3.61. The van der Waals surface area contributed by atoms with Crippen LogP contribution in [0.3, 0.4) is 0 Å². The standard InChI is InChI=1S/C13H11BrClFN2/c14-12-2-1-11(16)5-10(12)7-18-6-9-3-4-17-8-13(9)15/h1-5,8,18H,6-7H2. The SMILES string of the molecule is Fc1ccc(Br)c(CNCc2ccncc2Cl)c1. The van der Waals surface area contributed by atoms with E-state index in [1.54, 1.807) is 18.5 Å². The molecule has 5 heteroatoms. The van der Waals surface area contributed by atoms with E-state index in [4.69, 9.17) is 11.6 Å². The number of nitrogens with zero attached hydrogens (tertiary/aromatic N) is 1. The van der Waals surface area contributed by atoms with Crippen LogP contribution in [0.5, 0.6) is 0 Å². The summed E-state index contributed by atoms with van der Waals surface area (Å²) in [6, 6.07) is 6.49. The van der Waals surface area contributed by atoms with Crippen LogP contribution in [-0.4, -0.2) is 4.98 Å². The van der Waals surface area contributed by atoms with Crippen molar-refractivity contribution in [1.82, 2.24) is 10.3 Å². The summed E-state index contributed by atoms with van der Waals surface area (Å²) in [5, 5.41) is 3.85. The number of halogens is 3. The van der Waals surface area contributed by atoms with Gasteiger partial charge in [-0.1, -0.05) is 27.5 Å². The highest BCUT2D eigenvalue weighted by Gasteiger charge is 2.03. The molecule has 0 unspecified atom stereocenters. The Morgan fingerprint density at radius 1 is 1.22 bits per heavy atom. The van der Waals surface area contributed by atoms with E-state index >= 15 is 0 Å². The fourth-order valence-corrected chi connectivity index (χ4v) is 2.13. The van der Waals surface area contributed by atoms with E-state index in [1.165, 1.54) is 12.1 Å². The molecule has 0 radical (unpaired) electrons. The lowest BCUT2D eigenvalue weighted by molar-refractivity contribution is 0.619. The van der Waals surface area contributed by atoms with Crippen LogP contribution in [0.1, 0.15) is 11.1 Å². The molecule has 2 nitrogen and oxygen atoms in total. The Morgan fingerprint density at radius 3 is 2.78 bits per heavy atom. The molecule has 0 aliphatic carbocycles. The van der Waals surface area contributed by atoms with Gasteiger partial charge in [0.15, 0.2) is 0 Å². The van der Waals surface area contributed by atoms with Crippen molar-refractivity contribution >= 4 is 27.5 Å². The fourth-order valence-electron chi connectivity index (χ4n) is 1.56. The minimum absolute atomic E-state index is 0.239. The third-order valence-electron chi connectivity index (χ3n) is 2.50. The number of aromatic nitrogens is 1. The molecule has 1 aromatic carbocycles. The second-order valence-electron chi connectivity index (χ2n) is 3.81. The zero-order valence-electron chi connectivity index (χ0n) is 9.46. The van der Waals surface area contributed by atoms with Crippen molar-refractivity contribution in [2.45, 2.75) is 13.1 Å². The highest BCUT2D eigenvalue weighted by atomic mass is 79.9. The minimum Gasteiger partial charge on any atom is -0.309 e. The van der Waals surface area contributed by atoms with Crippen LogP contribution in [-0.2, 0) is 13.1 Å². The molecule has 94 valence electrons. The molecule has 1 aromatic heterocycles. The predicted molar refractivity (Wildman–Crippen MR) is 73.9 cm³/mol. The van der Waals surface area contributed by atoms with Crippen LogP contribution < -0.4 is 5.32 Å². The van der Waals surface area contributed by atoms with Gasteiger partial charge in [-0.2, -0.15) is 0 Å². The quantitative estimate of drug-likeness (QED) is 0.919. The van der Waals surface area contributed by atoms with E-state index < -0.39 is 0 Å². The van der Waals surface area contributed by atoms with Gasteiger partial charge >= 0.3 is 0 Å². The Morgan fingerprint density at radius 2 is 2.00 bits per heavy atom. The molecule has 0 atom stereocenters. The van der Waals surface area contributed by atoms with Gasteiger partial charge in [0.1, 0.15) is 5.82 Å². The lowest BCUT2D eigenvalue weighted by atomic mass is 10.2. The van der Waals surface area contributed by atoms with Gasteiger partial charge in [0.2, 0.25) is 0 Å². The van der Waals surface area contributed by atoms with Crippen molar-refractivity contribution in [3.05, 3.63) is 63.1 Å². The van der Waals surface area contributed by atoms with Gasteiger partial charge < -0.3 is 5.32 Å². The Kier molecular flexibility index (Phi) is 4.69. The van der Waals surface area contributed by atoms with Crippen molar-refractivity contribution in [3.63, 3.8) is 0 Å². The number of hydrogen-bond acceptors (Lipinski definition) is 2. The molecule has 18 heavy (non-hydrogen) atoms. The molecule has 0 bridgehead atoms. The number of hydrogen-bond donors (Lipinski definition) is 1. The largest absolute Gasteiger partial charge is 0.309 e. The second-order valence-corrected chi connectivity index (χ2v) is 5.07. The van der Waals surface area contributed by atoms with Crippen molar-refractivity contribution in [1.29, 1.82) is 0 Å². The molecule has 0 amide bonds. The second kappa shape index (κ2) is 6.27. The summed E-state index contributed by atoms with van der Waals surface area (Å²) in [5.74, 6) is -0.239. The Hall–Kier alpha value is -0.970. The van der Waals surface area contributed by atoms with E-state index in [0.29, 0.717) is 18.1 Å². The summed E-state index contributed by atoms with van der Waals surface area (Å²) < 4.78 is 14.0. The molecule has 1 N–H and O–H groups in total. The molecule has 0 aliphatic rings. The summed E-state index contributed by atoms with van der Waals surface area (Å²) >= 11 is 9.38. The first kappa shape index (κ1) is 13.5. The van der Waals surface area contributed by atoms with Crippen LogP contribution in [0.25, 0.3) is 0 Å². The van der Waals surface area contributed by atoms with E-state index in [0.717, 1.165) is 15.6 Å². The van der Waals surface area contributed by atoms with Crippen LogP contribution >= 0.6 is 27.5 Å². The zero-order valence-corrected chi connectivity index (χ0v) is 11.8. The molecule has 0 fully saturated rings. The fraction of sp³-hybridized carbons (Fsp3) is 0.154. The lowest BCUT2D eigenvalue weighted by Gasteiger charge is -2.08. The summed E-state index contributed by atoms with van der Waals surface area (Å²) in [7, 11) is 0. The molecule has 0 spiro atoms. The van der Waals surface area contributed by atoms with Crippen molar-refractivity contribution < 1.29 is 4.39 Å². The molecule has 2 rings (SSSR count). The summed E-state index contributed by atoms with van der Waals surface area (Å²) in [4.78, 5) is 3.92. The maximum Gasteiger partial charge on any atom is 0.123 e. The molecule has 0 saturated carbocycles. The summed E-state index contributed by atoms with van der Waals surface area (Å²) in [5.41, 5.74) is 1.85. The Labute approximate surface area is 118 Å². The highest BCUT2D eigenvalue weighted by molar-refractivity contribution is 9.10. The number of benzene rings is 1. The van der Waals surface area contributed by atoms with Gasteiger partial charge in [-0.25, -0.2) is 4.39 Å². The molecule has 2 aromatic rings. The summed E-state index contributed by atoms with van der Waals surface area (Å²) in [6.45, 7) is 1.18. The minimum atomic E-state index is -0.239. The van der Waals surface area contributed by atoms with E-state index in [1.807, 2.05) is 6.07 Å². The first-order chi connectivity index (χ1) is 8.66. The normalized spacial score (nSPS) is 10.6. The van der Waals surface area contributed by atoms with Crippen LogP contribution in [0.2, 0.25) is 5.02 Å². The van der Waals surface area contributed by atoms with Crippen molar-refractivity contribution in [2.24, 2.45) is 0 Å². The van der Waals surface area contributed by atoms with E-state index in [-0.39, 0.29) is 5.82 Å². The van der Waals surface area contributed by atoms with Crippen LogP contribution in [0, 0.1) is 5.82 Å². The van der Waals surface area contributed by atoms with Gasteiger partial charge in [0.25, 0.3) is 0 Å². The Balaban J connectivity index is 1.96. The smallest absolute Gasteiger partial charge is 0.123 e. The Bertz CT molecular complexity index is 548. The maximum absolute atomic E-state index is 13.1. The average Bonchev–Trinajstić information content (AvgIpc) is 2.36. The van der Waals surface area contributed by atoms with E-state index in [9.17, 15) is 4.39 Å². The molecule has 0 saturated heterocycles. The molecular formula is C13H11BrClFN2. The van der Waals surface area contributed by atoms with Gasteiger partial charge in [0, 0.05) is 30.0 Å². The van der Waals surface area contributed by atoms with Gasteiger partial charge in [-0.15, -0.1) is 0 Å².